The zero-order chi connectivity index (χ0) is 25.4. The number of aliphatic hydroxyl groups is 1. The molecule has 1 aromatic carbocycles. The first-order valence-corrected chi connectivity index (χ1v) is 10.7. The predicted octanol–water partition coefficient (Wildman–Crippen LogP) is 2.66. The third-order valence-corrected chi connectivity index (χ3v) is 4.92. The summed E-state index contributed by atoms with van der Waals surface area (Å²) in [6, 6.07) is 7.74. The molecule has 0 aliphatic rings. The van der Waals surface area contributed by atoms with E-state index in [1.807, 2.05) is 29.8 Å². The van der Waals surface area contributed by atoms with Gasteiger partial charge in [0.25, 0.3) is 10.0 Å². The van der Waals surface area contributed by atoms with Crippen molar-refractivity contribution < 1.29 is 41.4 Å². The molecule has 0 spiro atoms. The summed E-state index contributed by atoms with van der Waals surface area (Å²) in [6.07, 6.45) is -3.98. The molecule has 33 heavy (non-hydrogen) atoms. The zero-order valence-corrected chi connectivity index (χ0v) is 18.6. The molecule has 0 saturated heterocycles. The summed E-state index contributed by atoms with van der Waals surface area (Å²) >= 11 is 0. The molecule has 2 aromatic rings. The molecule has 1 aromatic heterocycles. The number of aliphatic hydroxyl groups excluding tert-OH is 1. The van der Waals surface area contributed by atoms with E-state index in [4.69, 9.17) is 9.90 Å². The Morgan fingerprint density at radius 3 is 2.27 bits per heavy atom. The van der Waals surface area contributed by atoms with Crippen LogP contribution >= 0.6 is 0 Å². The van der Waals surface area contributed by atoms with E-state index >= 15 is 0 Å². The summed E-state index contributed by atoms with van der Waals surface area (Å²) < 4.78 is 58.9. The summed E-state index contributed by atoms with van der Waals surface area (Å²) in [5.74, 6) is -2.76. The van der Waals surface area contributed by atoms with E-state index in [1.165, 1.54) is 6.07 Å². The van der Waals surface area contributed by atoms with Crippen molar-refractivity contribution in [3.63, 3.8) is 0 Å². The van der Waals surface area contributed by atoms with Crippen LogP contribution in [-0.4, -0.2) is 47.8 Å². The number of benzene rings is 1. The number of amides is 2. The van der Waals surface area contributed by atoms with Crippen molar-refractivity contribution in [3.05, 3.63) is 47.8 Å². The number of urea groups is 1. The Kier molecular flexibility index (Phi) is 9.61. The van der Waals surface area contributed by atoms with Crippen LogP contribution in [0.5, 0.6) is 0 Å². The van der Waals surface area contributed by atoms with Crippen molar-refractivity contribution in [2.24, 2.45) is 0 Å². The molecule has 0 atom stereocenters. The second-order valence-electron chi connectivity index (χ2n) is 6.86. The zero-order valence-electron chi connectivity index (χ0n) is 17.8. The van der Waals surface area contributed by atoms with Crippen LogP contribution in [0.25, 0.3) is 0 Å². The number of aliphatic carboxylic acids is 1. The summed E-state index contributed by atoms with van der Waals surface area (Å²) in [6.45, 7) is 5.00. The van der Waals surface area contributed by atoms with Gasteiger partial charge in [-0.15, -0.1) is 0 Å². The number of alkyl halides is 3. The van der Waals surface area contributed by atoms with Crippen LogP contribution in [0.2, 0.25) is 0 Å². The predicted molar refractivity (Wildman–Crippen MR) is 112 cm³/mol. The Morgan fingerprint density at radius 1 is 1.18 bits per heavy atom. The van der Waals surface area contributed by atoms with E-state index in [0.29, 0.717) is 11.4 Å². The first-order valence-electron chi connectivity index (χ1n) is 9.22. The van der Waals surface area contributed by atoms with Gasteiger partial charge in [-0.05, 0) is 44.5 Å². The highest BCUT2D eigenvalue weighted by atomic mass is 32.2. The summed E-state index contributed by atoms with van der Waals surface area (Å²) in [5, 5.41) is 21.9. The third kappa shape index (κ3) is 9.33. The van der Waals surface area contributed by atoms with Gasteiger partial charge in [-0.3, -0.25) is 4.98 Å². The van der Waals surface area contributed by atoms with Gasteiger partial charge in [0.15, 0.2) is 0 Å². The topological polar surface area (TPSA) is 158 Å². The third-order valence-electron chi connectivity index (χ3n) is 3.56. The number of aryl methyl sites for hydroxylation is 1. The highest BCUT2D eigenvalue weighted by Gasteiger charge is 2.38. The molecular formula is C19H23F3N4O6S. The molecule has 2 amide bonds. The molecule has 0 unspecified atom stereocenters. The first-order chi connectivity index (χ1) is 15.2. The van der Waals surface area contributed by atoms with E-state index in [9.17, 15) is 31.5 Å². The van der Waals surface area contributed by atoms with Gasteiger partial charge in [-0.1, -0.05) is 12.1 Å². The Hall–Kier alpha value is -3.39. The average Bonchev–Trinajstić information content (AvgIpc) is 2.66. The lowest BCUT2D eigenvalue weighted by Gasteiger charge is -2.15. The molecule has 182 valence electrons. The Labute approximate surface area is 187 Å². The number of sulfonamides is 1. The molecule has 10 nitrogen and oxygen atoms in total. The van der Waals surface area contributed by atoms with E-state index in [0.717, 1.165) is 11.8 Å². The minimum atomic E-state index is -5.08. The molecule has 14 heteroatoms. The number of carbonyl (C=O) groups is 2. The quantitative estimate of drug-likeness (QED) is 0.412. The number of carboxylic acids is 1. The number of hydrogen-bond acceptors (Lipinski definition) is 7. The molecule has 0 aliphatic heterocycles. The second kappa shape index (κ2) is 11.5. The Bertz CT molecular complexity index is 1090. The maximum absolute atomic E-state index is 12.6. The van der Waals surface area contributed by atoms with Crippen LogP contribution in [0.4, 0.5) is 29.3 Å². The van der Waals surface area contributed by atoms with Crippen LogP contribution < -0.4 is 15.4 Å². The van der Waals surface area contributed by atoms with Gasteiger partial charge in [0.2, 0.25) is 0 Å². The fourth-order valence-electron chi connectivity index (χ4n) is 2.23. The van der Waals surface area contributed by atoms with Gasteiger partial charge in [0, 0.05) is 17.9 Å². The lowest BCUT2D eigenvalue weighted by molar-refractivity contribution is -0.192. The van der Waals surface area contributed by atoms with E-state index < -0.39 is 28.2 Å². The lowest BCUT2D eigenvalue weighted by atomic mass is 10.2. The van der Waals surface area contributed by atoms with Crippen LogP contribution in [-0.2, 0) is 21.4 Å². The Balaban J connectivity index is 0.000000675. The first kappa shape index (κ1) is 27.6. The number of carbonyl (C=O) groups excluding carboxylic acids is 1. The minimum Gasteiger partial charge on any atom is -0.475 e. The van der Waals surface area contributed by atoms with Crippen LogP contribution in [0, 0.1) is 6.92 Å². The molecule has 0 fully saturated rings. The number of carboxylic acid groups (broad SMARTS) is 1. The summed E-state index contributed by atoms with van der Waals surface area (Å²) in [5.41, 5.74) is 2.17. The summed E-state index contributed by atoms with van der Waals surface area (Å²) in [4.78, 5) is 24.4. The van der Waals surface area contributed by atoms with Crippen molar-refractivity contribution in [3.8, 4) is 0 Å². The van der Waals surface area contributed by atoms with Crippen molar-refractivity contribution >= 4 is 33.4 Å². The van der Waals surface area contributed by atoms with Crippen LogP contribution in [0.15, 0.2) is 41.4 Å². The second-order valence-corrected chi connectivity index (χ2v) is 8.51. The molecule has 2 rings (SSSR count). The fraction of sp³-hybridized carbons (Fsp3) is 0.316. The molecule has 1 heterocycles. The average molecular weight is 492 g/mol. The van der Waals surface area contributed by atoms with Crippen molar-refractivity contribution in [2.75, 3.05) is 5.32 Å². The van der Waals surface area contributed by atoms with Gasteiger partial charge in [0.05, 0.1) is 18.0 Å². The number of pyridine rings is 1. The Morgan fingerprint density at radius 2 is 1.79 bits per heavy atom. The molecule has 0 bridgehead atoms. The SMILES string of the molecule is Cc1cccc(Nc2cc(CO)ncc2S(=O)(=O)NC(=O)NC(C)C)c1.O=C(O)C(F)(F)F. The number of hydrogen-bond donors (Lipinski definition) is 5. The smallest absolute Gasteiger partial charge is 0.475 e. The lowest BCUT2D eigenvalue weighted by Crippen LogP contribution is -2.42. The monoisotopic (exact) mass is 492 g/mol. The number of nitrogens with one attached hydrogen (secondary N) is 3. The van der Waals surface area contributed by atoms with E-state index in [2.05, 4.69) is 15.6 Å². The highest BCUT2D eigenvalue weighted by molar-refractivity contribution is 7.90. The molecular weight excluding hydrogens is 469 g/mol. The molecule has 0 saturated carbocycles. The van der Waals surface area contributed by atoms with Crippen LogP contribution in [0.3, 0.4) is 0 Å². The van der Waals surface area contributed by atoms with Gasteiger partial charge in [-0.25, -0.2) is 22.7 Å². The standard InChI is InChI=1S/C17H22N4O4S.C2HF3O2/c1-11(2)19-17(23)21-26(24,25)16-9-18-14(10-22)8-15(16)20-13-6-4-5-12(3)7-13;3-2(4,5)1(6)7/h4-9,11,22H,10H2,1-3H3,(H,18,20)(H2,19,21,23);(H,6,7). The largest absolute Gasteiger partial charge is 0.490 e. The van der Waals surface area contributed by atoms with Gasteiger partial charge >= 0.3 is 18.2 Å². The maximum atomic E-state index is 12.6. The minimum absolute atomic E-state index is 0.199. The number of nitrogens with zero attached hydrogens (tertiary/aromatic N) is 1. The fourth-order valence-corrected chi connectivity index (χ4v) is 3.24. The van der Waals surface area contributed by atoms with E-state index in [-0.39, 0.29) is 23.2 Å². The van der Waals surface area contributed by atoms with Crippen molar-refractivity contribution in [1.29, 1.82) is 0 Å². The van der Waals surface area contributed by atoms with Crippen LogP contribution in [0.1, 0.15) is 25.1 Å². The normalized spacial score (nSPS) is 11.3. The molecule has 0 radical (unpaired) electrons. The van der Waals surface area contributed by atoms with Crippen molar-refractivity contribution in [1.82, 2.24) is 15.0 Å². The maximum Gasteiger partial charge on any atom is 0.490 e. The number of aromatic nitrogens is 1. The number of anilines is 2. The highest BCUT2D eigenvalue weighted by Crippen LogP contribution is 2.25. The van der Waals surface area contributed by atoms with Gasteiger partial charge < -0.3 is 20.8 Å². The van der Waals surface area contributed by atoms with Gasteiger partial charge in [-0.2, -0.15) is 13.2 Å². The molecule has 0 aliphatic carbocycles. The number of rotatable bonds is 6. The van der Waals surface area contributed by atoms with E-state index in [1.54, 1.807) is 19.9 Å². The van der Waals surface area contributed by atoms with Crippen molar-refractivity contribution in [2.45, 2.75) is 44.5 Å². The number of halogens is 3. The van der Waals surface area contributed by atoms with Gasteiger partial charge in [0.1, 0.15) is 4.90 Å². The molecule has 5 N–H and O–H groups in total. The summed E-state index contributed by atoms with van der Waals surface area (Å²) in [7, 11) is -4.16.